The van der Waals surface area contributed by atoms with E-state index in [-0.39, 0.29) is 5.82 Å². The second-order valence-corrected chi connectivity index (χ2v) is 4.51. The minimum atomic E-state index is -0.187. The number of aromatic amines is 1. The van der Waals surface area contributed by atoms with Gasteiger partial charge in [0.2, 0.25) is 0 Å². The molecule has 0 saturated heterocycles. The molecule has 3 heteroatoms. The zero-order valence-electron chi connectivity index (χ0n) is 9.09. The van der Waals surface area contributed by atoms with Gasteiger partial charge in [-0.1, -0.05) is 6.42 Å². The molecule has 1 aliphatic rings. The quantitative estimate of drug-likeness (QED) is 0.814. The highest BCUT2D eigenvalue weighted by Gasteiger charge is 2.16. The van der Waals surface area contributed by atoms with Gasteiger partial charge in [-0.25, -0.2) is 4.39 Å². The summed E-state index contributed by atoms with van der Waals surface area (Å²) in [5.74, 6) is -0.187. The molecule has 3 rings (SSSR count). The summed E-state index contributed by atoms with van der Waals surface area (Å²) in [6.07, 6.45) is 5.89. The van der Waals surface area contributed by atoms with Crippen LogP contribution in [0.2, 0.25) is 0 Å². The highest BCUT2D eigenvalue weighted by Crippen LogP contribution is 2.22. The Balaban J connectivity index is 1.80. The molecule has 1 fully saturated rings. The van der Waals surface area contributed by atoms with Gasteiger partial charge in [-0.05, 0) is 36.6 Å². The predicted octanol–water partition coefficient (Wildman–Crippen LogP) is 2.95. The molecular weight excluding hydrogens is 203 g/mol. The fourth-order valence-corrected chi connectivity index (χ4v) is 2.17. The van der Waals surface area contributed by atoms with Gasteiger partial charge >= 0.3 is 0 Å². The number of halogens is 1. The van der Waals surface area contributed by atoms with E-state index in [1.54, 1.807) is 6.07 Å². The Kier molecular flexibility index (Phi) is 2.40. The van der Waals surface area contributed by atoms with Gasteiger partial charge in [0.25, 0.3) is 0 Å². The largest absolute Gasteiger partial charge is 0.361 e. The smallest absolute Gasteiger partial charge is 0.125 e. The molecule has 1 heterocycles. The summed E-state index contributed by atoms with van der Waals surface area (Å²) < 4.78 is 13.0. The molecule has 0 radical (unpaired) electrons. The molecule has 0 amide bonds. The number of H-pyrrole nitrogens is 1. The molecule has 0 aliphatic heterocycles. The first kappa shape index (κ1) is 9.85. The van der Waals surface area contributed by atoms with E-state index in [1.807, 2.05) is 12.3 Å². The van der Waals surface area contributed by atoms with Gasteiger partial charge in [0, 0.05) is 29.7 Å². The molecule has 16 heavy (non-hydrogen) atoms. The third-order valence-electron chi connectivity index (χ3n) is 3.42. The first-order valence-electron chi connectivity index (χ1n) is 5.82. The summed E-state index contributed by atoms with van der Waals surface area (Å²) in [6, 6.07) is 5.59. The van der Waals surface area contributed by atoms with Gasteiger partial charge in [0.05, 0.1) is 0 Å². The van der Waals surface area contributed by atoms with Gasteiger partial charge in [-0.15, -0.1) is 0 Å². The predicted molar refractivity (Wildman–Crippen MR) is 62.7 cm³/mol. The van der Waals surface area contributed by atoms with Crippen LogP contribution in [0, 0.1) is 5.82 Å². The molecular formula is C13H15FN2. The van der Waals surface area contributed by atoms with Crippen molar-refractivity contribution in [2.24, 2.45) is 0 Å². The number of hydrogen-bond donors (Lipinski definition) is 2. The van der Waals surface area contributed by atoms with Crippen LogP contribution in [0.5, 0.6) is 0 Å². The fraction of sp³-hybridized carbons (Fsp3) is 0.385. The Bertz CT molecular complexity index is 500. The van der Waals surface area contributed by atoms with E-state index < -0.39 is 0 Å². The summed E-state index contributed by atoms with van der Waals surface area (Å²) in [5.41, 5.74) is 2.10. The monoisotopic (exact) mass is 218 g/mol. The summed E-state index contributed by atoms with van der Waals surface area (Å²) in [5, 5.41) is 4.63. The van der Waals surface area contributed by atoms with Crippen LogP contribution in [0.4, 0.5) is 4.39 Å². The number of hydrogen-bond acceptors (Lipinski definition) is 1. The lowest BCUT2D eigenvalue weighted by Crippen LogP contribution is -2.34. The highest BCUT2D eigenvalue weighted by atomic mass is 19.1. The van der Waals surface area contributed by atoms with Crippen LogP contribution in [-0.4, -0.2) is 11.0 Å². The molecule has 2 nitrogen and oxygen atoms in total. The molecule has 1 saturated carbocycles. The number of nitrogens with one attached hydrogen (secondary N) is 2. The number of benzene rings is 1. The van der Waals surface area contributed by atoms with E-state index in [2.05, 4.69) is 10.3 Å². The van der Waals surface area contributed by atoms with Crippen molar-refractivity contribution in [3.8, 4) is 0 Å². The normalized spacial score (nSPS) is 16.6. The van der Waals surface area contributed by atoms with Crippen molar-refractivity contribution in [1.82, 2.24) is 10.3 Å². The molecule has 0 bridgehead atoms. The Morgan fingerprint density at radius 2 is 2.25 bits per heavy atom. The Morgan fingerprint density at radius 1 is 1.38 bits per heavy atom. The Hall–Kier alpha value is -1.35. The first-order valence-corrected chi connectivity index (χ1v) is 5.82. The van der Waals surface area contributed by atoms with Crippen molar-refractivity contribution in [3.05, 3.63) is 35.8 Å². The van der Waals surface area contributed by atoms with Crippen molar-refractivity contribution in [2.45, 2.75) is 31.8 Å². The molecule has 0 atom stereocenters. The zero-order valence-corrected chi connectivity index (χ0v) is 9.09. The molecule has 2 aromatic rings. The van der Waals surface area contributed by atoms with E-state index in [0.29, 0.717) is 6.04 Å². The lowest BCUT2D eigenvalue weighted by molar-refractivity contribution is 0.338. The lowest BCUT2D eigenvalue weighted by Gasteiger charge is -2.26. The van der Waals surface area contributed by atoms with Gasteiger partial charge in [0.15, 0.2) is 0 Å². The van der Waals surface area contributed by atoms with Crippen LogP contribution in [0.25, 0.3) is 10.9 Å². The maximum Gasteiger partial charge on any atom is 0.125 e. The number of aromatic nitrogens is 1. The zero-order chi connectivity index (χ0) is 11.0. The molecule has 84 valence electrons. The lowest BCUT2D eigenvalue weighted by atomic mass is 9.93. The van der Waals surface area contributed by atoms with Gasteiger partial charge in [-0.2, -0.15) is 0 Å². The van der Waals surface area contributed by atoms with Crippen LogP contribution in [0.15, 0.2) is 24.4 Å². The average molecular weight is 218 g/mol. The van der Waals surface area contributed by atoms with Crippen molar-refractivity contribution in [1.29, 1.82) is 0 Å². The minimum absolute atomic E-state index is 0.187. The molecule has 0 unspecified atom stereocenters. The van der Waals surface area contributed by atoms with Crippen molar-refractivity contribution in [3.63, 3.8) is 0 Å². The maximum atomic E-state index is 13.0. The van der Waals surface area contributed by atoms with Crippen LogP contribution < -0.4 is 5.32 Å². The average Bonchev–Trinajstić information content (AvgIpc) is 2.58. The summed E-state index contributed by atoms with van der Waals surface area (Å²) in [6.45, 7) is 0.871. The molecule has 1 aromatic heterocycles. The molecule has 1 aromatic carbocycles. The Morgan fingerprint density at radius 3 is 3.00 bits per heavy atom. The van der Waals surface area contributed by atoms with Crippen LogP contribution in [0.1, 0.15) is 24.8 Å². The molecule has 2 N–H and O–H groups in total. The van der Waals surface area contributed by atoms with E-state index in [4.69, 9.17) is 0 Å². The van der Waals surface area contributed by atoms with E-state index in [1.165, 1.54) is 30.9 Å². The number of rotatable bonds is 3. The molecule has 1 aliphatic carbocycles. The van der Waals surface area contributed by atoms with Crippen molar-refractivity contribution >= 4 is 10.9 Å². The summed E-state index contributed by atoms with van der Waals surface area (Å²) in [4.78, 5) is 3.11. The maximum absolute atomic E-state index is 13.0. The summed E-state index contributed by atoms with van der Waals surface area (Å²) in [7, 11) is 0. The second kappa shape index (κ2) is 3.91. The van der Waals surface area contributed by atoms with Crippen LogP contribution in [-0.2, 0) is 6.54 Å². The van der Waals surface area contributed by atoms with Crippen molar-refractivity contribution in [2.75, 3.05) is 0 Å². The Labute approximate surface area is 93.9 Å². The van der Waals surface area contributed by atoms with Crippen LogP contribution >= 0.6 is 0 Å². The number of fused-ring (bicyclic) bond motifs is 1. The third-order valence-corrected chi connectivity index (χ3v) is 3.42. The van der Waals surface area contributed by atoms with Crippen LogP contribution in [0.3, 0.4) is 0 Å². The van der Waals surface area contributed by atoms with Gasteiger partial charge < -0.3 is 10.3 Å². The highest BCUT2D eigenvalue weighted by molar-refractivity contribution is 5.83. The van der Waals surface area contributed by atoms with Gasteiger partial charge in [-0.3, -0.25) is 0 Å². The SMILES string of the molecule is Fc1ccc2c(CNC3CCC3)c[nH]c2c1. The first-order chi connectivity index (χ1) is 7.83. The standard InChI is InChI=1S/C13H15FN2/c14-10-4-5-12-9(8-16-13(12)6-10)7-15-11-2-1-3-11/h4-6,8,11,15-16H,1-3,7H2. The minimum Gasteiger partial charge on any atom is -0.361 e. The topological polar surface area (TPSA) is 27.8 Å². The second-order valence-electron chi connectivity index (χ2n) is 4.51. The third kappa shape index (κ3) is 1.71. The van der Waals surface area contributed by atoms with E-state index in [9.17, 15) is 4.39 Å². The molecule has 0 spiro atoms. The summed E-state index contributed by atoms with van der Waals surface area (Å²) >= 11 is 0. The van der Waals surface area contributed by atoms with E-state index in [0.717, 1.165) is 17.4 Å². The van der Waals surface area contributed by atoms with E-state index >= 15 is 0 Å². The van der Waals surface area contributed by atoms with Crippen molar-refractivity contribution < 1.29 is 4.39 Å². The van der Waals surface area contributed by atoms with Gasteiger partial charge in [0.1, 0.15) is 5.82 Å². The fourth-order valence-electron chi connectivity index (χ4n) is 2.17.